The predicted octanol–water partition coefficient (Wildman–Crippen LogP) is 3.25. The SMILES string of the molecule is CN1CCN(c2ccc(Nc3cc(-c4cccc(NS(=O)(=O)C5CC5)c4)cnc3C(N)=O)cc2)CC1. The molecule has 2 aromatic carbocycles. The Bertz CT molecular complexity index is 1360. The third-order valence-electron chi connectivity index (χ3n) is 6.56. The van der Waals surface area contributed by atoms with E-state index in [0.717, 1.165) is 48.7 Å². The molecule has 9 nitrogen and oxygen atoms in total. The fraction of sp³-hybridized carbons (Fsp3) is 0.308. The number of nitrogens with one attached hydrogen (secondary N) is 2. The number of carbonyl (C=O) groups excluding carboxylic acids is 1. The number of piperazine rings is 1. The van der Waals surface area contributed by atoms with Crippen molar-refractivity contribution in [3.63, 3.8) is 0 Å². The number of sulfonamides is 1. The molecule has 5 rings (SSSR count). The summed E-state index contributed by atoms with van der Waals surface area (Å²) in [4.78, 5) is 21.0. The summed E-state index contributed by atoms with van der Waals surface area (Å²) in [7, 11) is -1.23. The number of nitrogens with zero attached hydrogens (tertiary/aromatic N) is 3. The van der Waals surface area contributed by atoms with Gasteiger partial charge in [0.25, 0.3) is 5.91 Å². The number of anilines is 4. The number of benzene rings is 2. The highest BCUT2D eigenvalue weighted by Crippen LogP contribution is 2.32. The van der Waals surface area contributed by atoms with Crippen LogP contribution in [0.5, 0.6) is 0 Å². The quantitative estimate of drug-likeness (QED) is 0.429. The van der Waals surface area contributed by atoms with Crippen LogP contribution in [0.15, 0.2) is 60.8 Å². The van der Waals surface area contributed by atoms with E-state index in [1.165, 1.54) is 0 Å². The summed E-state index contributed by atoms with van der Waals surface area (Å²) in [6.45, 7) is 4.03. The molecule has 3 aromatic rings. The lowest BCUT2D eigenvalue weighted by Crippen LogP contribution is -2.44. The molecule has 4 N–H and O–H groups in total. The second-order valence-electron chi connectivity index (χ2n) is 9.37. The monoisotopic (exact) mass is 506 g/mol. The molecule has 0 radical (unpaired) electrons. The summed E-state index contributed by atoms with van der Waals surface area (Å²) in [5, 5.41) is 2.97. The molecule has 1 saturated heterocycles. The zero-order chi connectivity index (χ0) is 25.3. The number of pyridine rings is 1. The van der Waals surface area contributed by atoms with Crippen molar-refractivity contribution in [3.8, 4) is 11.1 Å². The average molecular weight is 507 g/mol. The van der Waals surface area contributed by atoms with Gasteiger partial charge in [0.1, 0.15) is 0 Å². The first kappa shape index (κ1) is 24.1. The molecule has 2 fully saturated rings. The summed E-state index contributed by atoms with van der Waals surface area (Å²) in [6, 6.07) is 17.0. The van der Waals surface area contributed by atoms with Crippen molar-refractivity contribution in [2.75, 3.05) is 48.2 Å². The van der Waals surface area contributed by atoms with Crippen molar-refractivity contribution >= 4 is 38.7 Å². The number of hydrogen-bond acceptors (Lipinski definition) is 7. The van der Waals surface area contributed by atoms with E-state index in [2.05, 4.69) is 44.0 Å². The second-order valence-corrected chi connectivity index (χ2v) is 11.3. The van der Waals surface area contributed by atoms with E-state index in [9.17, 15) is 13.2 Å². The van der Waals surface area contributed by atoms with Gasteiger partial charge >= 0.3 is 0 Å². The standard InChI is InChI=1S/C26H30N6O3S/c1-31-11-13-32(14-12-31)22-7-5-20(6-8-22)29-24-16-19(17-28-25(24)26(27)33)18-3-2-4-21(15-18)30-36(34,35)23-9-10-23/h2-8,15-17,23,29-30H,9-14H2,1H3,(H2,27,33). The molecule has 36 heavy (non-hydrogen) atoms. The van der Waals surface area contributed by atoms with Crippen LogP contribution < -0.4 is 20.7 Å². The van der Waals surface area contributed by atoms with Gasteiger partial charge in [-0.05, 0) is 67.9 Å². The van der Waals surface area contributed by atoms with E-state index in [1.54, 1.807) is 30.5 Å². The third-order valence-corrected chi connectivity index (χ3v) is 8.42. The Morgan fingerprint density at radius 1 is 0.972 bits per heavy atom. The number of amides is 1. The van der Waals surface area contributed by atoms with Gasteiger partial charge in [-0.25, -0.2) is 13.4 Å². The van der Waals surface area contributed by atoms with Gasteiger partial charge in [-0.15, -0.1) is 0 Å². The fourth-order valence-electron chi connectivity index (χ4n) is 4.28. The number of carbonyl (C=O) groups is 1. The number of likely N-dealkylation sites (N-methyl/N-ethyl adjacent to an activating group) is 1. The highest BCUT2D eigenvalue weighted by molar-refractivity contribution is 7.93. The van der Waals surface area contributed by atoms with Crippen molar-refractivity contribution in [1.29, 1.82) is 0 Å². The number of aromatic nitrogens is 1. The Morgan fingerprint density at radius 2 is 1.69 bits per heavy atom. The van der Waals surface area contributed by atoms with Crippen LogP contribution in [0.25, 0.3) is 11.1 Å². The number of rotatable bonds is 8. The maximum Gasteiger partial charge on any atom is 0.269 e. The minimum Gasteiger partial charge on any atom is -0.369 e. The predicted molar refractivity (Wildman–Crippen MR) is 143 cm³/mol. The minimum absolute atomic E-state index is 0.132. The molecule has 1 aliphatic carbocycles. The summed E-state index contributed by atoms with van der Waals surface area (Å²) in [6.07, 6.45) is 2.95. The summed E-state index contributed by atoms with van der Waals surface area (Å²) < 4.78 is 27.3. The van der Waals surface area contributed by atoms with Crippen molar-refractivity contribution in [1.82, 2.24) is 9.88 Å². The number of primary amides is 1. The Hall–Kier alpha value is -3.63. The number of hydrogen-bond donors (Lipinski definition) is 3. The van der Waals surface area contributed by atoms with E-state index in [1.807, 2.05) is 18.2 Å². The van der Waals surface area contributed by atoms with Gasteiger partial charge in [-0.3, -0.25) is 9.52 Å². The molecular weight excluding hydrogens is 476 g/mol. The van der Waals surface area contributed by atoms with Crippen molar-refractivity contribution in [2.24, 2.45) is 5.73 Å². The highest BCUT2D eigenvalue weighted by atomic mass is 32.2. The second kappa shape index (κ2) is 9.79. The molecule has 1 aliphatic heterocycles. The molecule has 10 heteroatoms. The molecule has 1 saturated carbocycles. The van der Waals surface area contributed by atoms with E-state index in [0.29, 0.717) is 24.2 Å². The van der Waals surface area contributed by atoms with Crippen LogP contribution in [0.1, 0.15) is 23.3 Å². The molecule has 0 bridgehead atoms. The first-order valence-electron chi connectivity index (χ1n) is 12.0. The van der Waals surface area contributed by atoms with E-state index >= 15 is 0 Å². The van der Waals surface area contributed by atoms with Gasteiger partial charge in [0, 0.05) is 55.0 Å². The van der Waals surface area contributed by atoms with Crippen molar-refractivity contribution in [2.45, 2.75) is 18.1 Å². The topological polar surface area (TPSA) is 121 Å². The van der Waals surface area contributed by atoms with Crippen LogP contribution in [-0.2, 0) is 10.0 Å². The van der Waals surface area contributed by atoms with E-state index < -0.39 is 15.9 Å². The maximum absolute atomic E-state index is 12.3. The molecule has 188 valence electrons. The van der Waals surface area contributed by atoms with Crippen molar-refractivity contribution in [3.05, 3.63) is 66.5 Å². The normalized spacial score (nSPS) is 16.5. The highest BCUT2D eigenvalue weighted by Gasteiger charge is 2.35. The van der Waals surface area contributed by atoms with Gasteiger partial charge in [-0.2, -0.15) is 0 Å². The Morgan fingerprint density at radius 3 is 2.36 bits per heavy atom. The lowest BCUT2D eigenvalue weighted by molar-refractivity contribution is 0.0996. The van der Waals surface area contributed by atoms with Crippen molar-refractivity contribution < 1.29 is 13.2 Å². The van der Waals surface area contributed by atoms with Crippen LogP contribution >= 0.6 is 0 Å². The minimum atomic E-state index is -3.37. The lowest BCUT2D eigenvalue weighted by atomic mass is 10.1. The van der Waals surface area contributed by atoms with Crippen LogP contribution in [-0.4, -0.2) is 62.7 Å². The first-order valence-corrected chi connectivity index (χ1v) is 13.6. The van der Waals surface area contributed by atoms with Crippen LogP contribution in [0.4, 0.5) is 22.7 Å². The van der Waals surface area contributed by atoms with Gasteiger partial charge in [0.05, 0.1) is 10.9 Å². The number of nitrogens with two attached hydrogens (primary N) is 1. The molecule has 0 spiro atoms. The zero-order valence-corrected chi connectivity index (χ0v) is 21.0. The molecule has 2 heterocycles. The first-order chi connectivity index (χ1) is 17.3. The summed E-state index contributed by atoms with van der Waals surface area (Å²) >= 11 is 0. The van der Waals surface area contributed by atoms with Crippen LogP contribution in [0.3, 0.4) is 0 Å². The fourth-order valence-corrected chi connectivity index (χ4v) is 5.66. The zero-order valence-electron chi connectivity index (χ0n) is 20.1. The lowest BCUT2D eigenvalue weighted by Gasteiger charge is -2.34. The Kier molecular flexibility index (Phi) is 6.55. The largest absolute Gasteiger partial charge is 0.369 e. The van der Waals surface area contributed by atoms with Gasteiger partial charge < -0.3 is 20.9 Å². The molecule has 1 aromatic heterocycles. The van der Waals surface area contributed by atoms with Gasteiger partial charge in [-0.1, -0.05) is 12.1 Å². The molecule has 0 unspecified atom stereocenters. The average Bonchev–Trinajstić information content (AvgIpc) is 3.71. The molecule has 0 atom stereocenters. The van der Waals surface area contributed by atoms with E-state index in [4.69, 9.17) is 5.73 Å². The molecule has 2 aliphatic rings. The summed E-state index contributed by atoms with van der Waals surface area (Å²) in [5.74, 6) is -0.635. The Balaban J connectivity index is 1.37. The van der Waals surface area contributed by atoms with Crippen LogP contribution in [0.2, 0.25) is 0 Å². The van der Waals surface area contributed by atoms with Gasteiger partial charge in [0.2, 0.25) is 10.0 Å². The smallest absolute Gasteiger partial charge is 0.269 e. The molecule has 1 amide bonds. The van der Waals surface area contributed by atoms with E-state index in [-0.39, 0.29) is 10.9 Å². The molecular formula is C26H30N6O3S. The van der Waals surface area contributed by atoms with Crippen LogP contribution in [0, 0.1) is 0 Å². The Labute approximate surface area is 211 Å². The third kappa shape index (κ3) is 5.44. The maximum atomic E-state index is 12.3. The van der Waals surface area contributed by atoms with Gasteiger partial charge in [0.15, 0.2) is 5.69 Å². The summed E-state index contributed by atoms with van der Waals surface area (Å²) in [5.41, 5.74) is 10.1.